The number of ether oxygens (including phenoxy) is 4. The lowest BCUT2D eigenvalue weighted by Crippen LogP contribution is -2.52. The van der Waals surface area contributed by atoms with Gasteiger partial charge < -0.3 is 18.9 Å². The van der Waals surface area contributed by atoms with E-state index >= 15 is 0 Å². The third kappa shape index (κ3) is 5.95. The molecule has 8 atom stereocenters. The van der Waals surface area contributed by atoms with Crippen LogP contribution in [0.15, 0.2) is 78.4 Å². The van der Waals surface area contributed by atoms with Crippen molar-refractivity contribution < 1.29 is 38.1 Å². The minimum atomic E-state index is -1.72. The molecule has 3 aliphatic carbocycles. The summed E-state index contributed by atoms with van der Waals surface area (Å²) in [5.41, 5.74) is -0.608. The maximum atomic E-state index is 14.8. The van der Waals surface area contributed by atoms with Gasteiger partial charge in [0.05, 0.1) is 29.8 Å². The molecule has 0 bridgehead atoms. The molecule has 2 saturated carbocycles. The zero-order valence-corrected chi connectivity index (χ0v) is 27.1. The summed E-state index contributed by atoms with van der Waals surface area (Å²) < 4.78 is 24.5. The van der Waals surface area contributed by atoms with Gasteiger partial charge in [0.1, 0.15) is 6.10 Å². The van der Waals surface area contributed by atoms with Gasteiger partial charge in [-0.25, -0.2) is 9.59 Å². The number of ketones is 1. The number of hydrogen-bond donors (Lipinski definition) is 0. The van der Waals surface area contributed by atoms with Crippen molar-refractivity contribution in [2.75, 3.05) is 6.61 Å². The predicted molar refractivity (Wildman–Crippen MR) is 170 cm³/mol. The molecule has 1 aliphatic heterocycles. The van der Waals surface area contributed by atoms with Crippen LogP contribution in [0.2, 0.25) is 0 Å². The highest BCUT2D eigenvalue weighted by molar-refractivity contribution is 6.04. The number of carbonyl (C=O) groups excluding carboxylic acids is 4. The number of hydrogen-bond acceptors (Lipinski definition) is 8. The van der Waals surface area contributed by atoms with Gasteiger partial charge in [-0.2, -0.15) is 0 Å². The van der Waals surface area contributed by atoms with Crippen LogP contribution in [0.5, 0.6) is 0 Å². The van der Waals surface area contributed by atoms with Gasteiger partial charge in [0.2, 0.25) is 5.78 Å². The number of allylic oxidation sites excluding steroid dienone is 1. The van der Waals surface area contributed by atoms with Crippen molar-refractivity contribution in [3.05, 3.63) is 89.5 Å². The first kappa shape index (κ1) is 31.9. The molecule has 6 rings (SSSR count). The van der Waals surface area contributed by atoms with Crippen LogP contribution in [0.1, 0.15) is 69.8 Å². The number of carbonyl (C=O) groups is 4. The van der Waals surface area contributed by atoms with Gasteiger partial charge in [0.25, 0.3) is 0 Å². The van der Waals surface area contributed by atoms with Crippen molar-refractivity contribution in [2.45, 2.75) is 77.3 Å². The molecule has 0 radical (unpaired) electrons. The molecule has 3 fully saturated rings. The highest BCUT2D eigenvalue weighted by atomic mass is 16.6. The average molecular weight is 627 g/mol. The molecule has 1 saturated heterocycles. The van der Waals surface area contributed by atoms with E-state index in [1.807, 2.05) is 43.3 Å². The van der Waals surface area contributed by atoms with Gasteiger partial charge >= 0.3 is 17.9 Å². The number of fused-ring (bicyclic) bond motifs is 4. The molecule has 4 aliphatic rings. The van der Waals surface area contributed by atoms with E-state index in [0.717, 1.165) is 18.4 Å². The van der Waals surface area contributed by atoms with E-state index in [-0.39, 0.29) is 30.1 Å². The molecule has 0 N–H and O–H groups in total. The molecule has 8 nitrogen and oxygen atoms in total. The predicted octanol–water partition coefficient (Wildman–Crippen LogP) is 6.15. The number of benzene rings is 2. The first-order valence-electron chi connectivity index (χ1n) is 16.1. The largest absolute Gasteiger partial charge is 0.462 e. The number of epoxide rings is 1. The Morgan fingerprint density at radius 1 is 1.00 bits per heavy atom. The third-order valence-electron chi connectivity index (χ3n) is 10.7. The van der Waals surface area contributed by atoms with E-state index in [9.17, 15) is 19.2 Å². The van der Waals surface area contributed by atoms with Crippen LogP contribution in [-0.4, -0.2) is 53.7 Å². The summed E-state index contributed by atoms with van der Waals surface area (Å²) in [5, 5.41) is 0. The van der Waals surface area contributed by atoms with E-state index in [4.69, 9.17) is 18.9 Å². The Balaban J connectivity index is 1.40. The van der Waals surface area contributed by atoms with Crippen LogP contribution < -0.4 is 0 Å². The first-order chi connectivity index (χ1) is 21.9. The minimum absolute atomic E-state index is 0.0000411. The van der Waals surface area contributed by atoms with Gasteiger partial charge in [-0.15, -0.1) is 0 Å². The van der Waals surface area contributed by atoms with E-state index < -0.39 is 53.2 Å². The summed E-state index contributed by atoms with van der Waals surface area (Å²) in [4.78, 5) is 54.0. The summed E-state index contributed by atoms with van der Waals surface area (Å²) in [6, 6.07) is 17.9. The summed E-state index contributed by atoms with van der Waals surface area (Å²) in [6.07, 6.45) is 5.23. The van der Waals surface area contributed by atoms with E-state index in [1.165, 1.54) is 13.0 Å². The molecule has 2 aromatic carbocycles. The monoisotopic (exact) mass is 626 g/mol. The van der Waals surface area contributed by atoms with E-state index in [2.05, 4.69) is 13.8 Å². The average Bonchev–Trinajstić information content (AvgIpc) is 3.80. The number of esters is 3. The number of Topliss-reactive ketones (excluding diaryl/α,β-unsaturated/α-hetero) is 1. The molecule has 0 unspecified atom stereocenters. The lowest BCUT2D eigenvalue weighted by molar-refractivity contribution is -0.171. The van der Waals surface area contributed by atoms with Crippen molar-refractivity contribution in [3.63, 3.8) is 0 Å². The molecule has 0 spiro atoms. The van der Waals surface area contributed by atoms with Crippen LogP contribution in [0.3, 0.4) is 0 Å². The maximum absolute atomic E-state index is 14.8. The Morgan fingerprint density at radius 3 is 2.35 bits per heavy atom. The van der Waals surface area contributed by atoms with E-state index in [0.29, 0.717) is 17.1 Å². The Bertz CT molecular complexity index is 1580. The van der Waals surface area contributed by atoms with Gasteiger partial charge in [-0.1, -0.05) is 68.5 Å². The van der Waals surface area contributed by atoms with Crippen molar-refractivity contribution in [2.24, 2.45) is 29.1 Å². The smallest absolute Gasteiger partial charge is 0.338 e. The topological polar surface area (TPSA) is 108 Å². The normalized spacial score (nSPS) is 35.3. The summed E-state index contributed by atoms with van der Waals surface area (Å²) in [6.45, 7) is 9.38. The quantitative estimate of drug-likeness (QED) is 0.156. The molecule has 0 aromatic heterocycles. The lowest BCUT2D eigenvalue weighted by Gasteiger charge is -2.35. The maximum Gasteiger partial charge on any atom is 0.338 e. The molecule has 8 heteroatoms. The van der Waals surface area contributed by atoms with Crippen LogP contribution in [0.4, 0.5) is 0 Å². The summed E-state index contributed by atoms with van der Waals surface area (Å²) in [7, 11) is 0. The Labute approximate surface area is 270 Å². The Hall–Kier alpha value is -4.04. The van der Waals surface area contributed by atoms with Crippen molar-refractivity contribution in [3.8, 4) is 0 Å². The Kier molecular flexibility index (Phi) is 8.30. The lowest BCUT2D eigenvalue weighted by atomic mass is 9.77. The van der Waals surface area contributed by atoms with Crippen LogP contribution in [0, 0.1) is 29.1 Å². The third-order valence-corrected chi connectivity index (χ3v) is 10.7. The summed E-state index contributed by atoms with van der Waals surface area (Å²) >= 11 is 0. The van der Waals surface area contributed by atoms with Crippen molar-refractivity contribution in [1.82, 2.24) is 0 Å². The highest BCUT2D eigenvalue weighted by Gasteiger charge is 2.73. The van der Waals surface area contributed by atoms with Gasteiger partial charge in [-0.05, 0) is 73.3 Å². The molecule has 242 valence electrons. The summed E-state index contributed by atoms with van der Waals surface area (Å²) in [5.74, 6) is -2.96. The van der Waals surface area contributed by atoms with Gasteiger partial charge in [-0.3, -0.25) is 9.59 Å². The van der Waals surface area contributed by atoms with Crippen molar-refractivity contribution in [1.29, 1.82) is 0 Å². The zero-order valence-electron chi connectivity index (χ0n) is 27.1. The second kappa shape index (κ2) is 12.0. The number of rotatable bonds is 7. The molecule has 46 heavy (non-hydrogen) atoms. The standard InChI is InChI=1S/C38H42O8/c1-23-20-29-28(36(29,3)4)18-19-37(5)34(46-37)31-32(44-24(2)39)27(22-43-35(42)26-14-10-7-11-15-26)21-38(31,33(23)41)45-30(40)17-16-25-12-8-6-9-13-25/h6-17,20,27-29,31-32,34H,18-19,21-22H2,1-5H3/b17-16+,23-20-/t27-,28+,29-,31-,32+,34-,37-,38-/m1/s1. The van der Waals surface area contributed by atoms with Crippen LogP contribution in [-0.2, 0) is 33.3 Å². The molecule has 1 heterocycles. The Morgan fingerprint density at radius 2 is 1.67 bits per heavy atom. The molecule has 2 aromatic rings. The van der Waals surface area contributed by atoms with Gasteiger partial charge in [0.15, 0.2) is 5.60 Å². The fraction of sp³-hybridized carbons (Fsp3) is 0.474. The van der Waals surface area contributed by atoms with E-state index in [1.54, 1.807) is 43.3 Å². The van der Waals surface area contributed by atoms with Crippen LogP contribution in [0.25, 0.3) is 6.08 Å². The zero-order chi connectivity index (χ0) is 32.9. The van der Waals surface area contributed by atoms with Gasteiger partial charge in [0, 0.05) is 25.3 Å². The molecule has 0 amide bonds. The second-order valence-electron chi connectivity index (χ2n) is 14.1. The first-order valence-corrected chi connectivity index (χ1v) is 16.1. The molecular formula is C38H42O8. The van der Waals surface area contributed by atoms with Crippen LogP contribution >= 0.6 is 0 Å². The second-order valence-corrected chi connectivity index (χ2v) is 14.1. The molecular weight excluding hydrogens is 584 g/mol. The fourth-order valence-corrected chi connectivity index (χ4v) is 8.01. The van der Waals surface area contributed by atoms with Crippen molar-refractivity contribution >= 4 is 29.8 Å². The fourth-order valence-electron chi connectivity index (χ4n) is 8.01. The highest BCUT2D eigenvalue weighted by Crippen LogP contribution is 2.65. The minimum Gasteiger partial charge on any atom is -0.462 e. The SMILES string of the molecule is CC(=O)O[C@H]1[C@@H](COC(=O)c2ccccc2)C[C@]2(OC(=O)/C=C/c3ccccc3)C(=O)/C(C)=C\[C@@H]3[C@H](CC[C@@]4(C)O[C@@H]4[C@@H]12)C3(C)C.